The SMILES string of the molecule is COC1CCCNC1c1ccccc1O. The fourth-order valence-corrected chi connectivity index (χ4v) is 2.17. The van der Waals surface area contributed by atoms with Crippen molar-refractivity contribution in [1.82, 2.24) is 5.32 Å². The molecule has 1 heterocycles. The van der Waals surface area contributed by atoms with Crippen molar-refractivity contribution in [2.24, 2.45) is 0 Å². The number of phenols is 1. The van der Waals surface area contributed by atoms with Crippen LogP contribution >= 0.6 is 0 Å². The van der Waals surface area contributed by atoms with Gasteiger partial charge in [-0.25, -0.2) is 0 Å². The lowest BCUT2D eigenvalue weighted by atomic mass is 9.94. The zero-order chi connectivity index (χ0) is 10.7. The van der Waals surface area contributed by atoms with Gasteiger partial charge in [-0.1, -0.05) is 18.2 Å². The van der Waals surface area contributed by atoms with Gasteiger partial charge in [0.05, 0.1) is 12.1 Å². The quantitative estimate of drug-likeness (QED) is 0.777. The van der Waals surface area contributed by atoms with E-state index in [1.807, 2.05) is 18.2 Å². The minimum atomic E-state index is 0.116. The Bertz CT molecular complexity index is 327. The number of benzene rings is 1. The molecule has 1 aliphatic heterocycles. The largest absolute Gasteiger partial charge is 0.508 e. The second-order valence-electron chi connectivity index (χ2n) is 3.91. The van der Waals surface area contributed by atoms with Crippen molar-refractivity contribution in [3.05, 3.63) is 29.8 Å². The minimum Gasteiger partial charge on any atom is -0.508 e. The summed E-state index contributed by atoms with van der Waals surface area (Å²) in [5.74, 6) is 0.346. The molecule has 0 amide bonds. The molecule has 1 aliphatic rings. The molecule has 2 unspecified atom stereocenters. The van der Waals surface area contributed by atoms with Crippen LogP contribution in [0.4, 0.5) is 0 Å². The molecule has 3 nitrogen and oxygen atoms in total. The Labute approximate surface area is 90.1 Å². The first kappa shape index (κ1) is 10.5. The molecule has 1 aromatic rings. The molecule has 0 bridgehead atoms. The molecule has 0 radical (unpaired) electrons. The third kappa shape index (κ3) is 2.13. The van der Waals surface area contributed by atoms with Crippen LogP contribution in [0.15, 0.2) is 24.3 Å². The van der Waals surface area contributed by atoms with Crippen LogP contribution in [0.25, 0.3) is 0 Å². The monoisotopic (exact) mass is 207 g/mol. The van der Waals surface area contributed by atoms with Gasteiger partial charge in [0.15, 0.2) is 0 Å². The van der Waals surface area contributed by atoms with Gasteiger partial charge in [0.25, 0.3) is 0 Å². The first-order valence-electron chi connectivity index (χ1n) is 5.37. The number of phenolic OH excluding ortho intramolecular Hbond substituents is 1. The molecule has 1 saturated heterocycles. The molecule has 0 aliphatic carbocycles. The fraction of sp³-hybridized carbons (Fsp3) is 0.500. The number of piperidine rings is 1. The van der Waals surface area contributed by atoms with E-state index < -0.39 is 0 Å². The topological polar surface area (TPSA) is 41.5 Å². The number of ether oxygens (including phenoxy) is 1. The van der Waals surface area contributed by atoms with Gasteiger partial charge < -0.3 is 15.2 Å². The highest BCUT2D eigenvalue weighted by molar-refractivity contribution is 5.35. The van der Waals surface area contributed by atoms with Gasteiger partial charge in [0.2, 0.25) is 0 Å². The zero-order valence-electron chi connectivity index (χ0n) is 8.94. The van der Waals surface area contributed by atoms with E-state index in [0.717, 1.165) is 24.9 Å². The summed E-state index contributed by atoms with van der Waals surface area (Å²) in [5.41, 5.74) is 0.934. The van der Waals surface area contributed by atoms with Crippen LogP contribution in [-0.4, -0.2) is 24.9 Å². The molecular weight excluding hydrogens is 190 g/mol. The van der Waals surface area contributed by atoms with Gasteiger partial charge >= 0.3 is 0 Å². The highest BCUT2D eigenvalue weighted by atomic mass is 16.5. The highest BCUT2D eigenvalue weighted by Crippen LogP contribution is 2.31. The van der Waals surface area contributed by atoms with Crippen molar-refractivity contribution >= 4 is 0 Å². The van der Waals surface area contributed by atoms with Gasteiger partial charge in [0, 0.05) is 12.7 Å². The van der Waals surface area contributed by atoms with E-state index >= 15 is 0 Å². The van der Waals surface area contributed by atoms with Crippen molar-refractivity contribution in [3.63, 3.8) is 0 Å². The summed E-state index contributed by atoms with van der Waals surface area (Å²) in [5, 5.41) is 13.2. The molecular formula is C12H17NO2. The van der Waals surface area contributed by atoms with Crippen LogP contribution < -0.4 is 5.32 Å². The minimum absolute atomic E-state index is 0.116. The number of hydrogen-bond acceptors (Lipinski definition) is 3. The fourth-order valence-electron chi connectivity index (χ4n) is 2.17. The van der Waals surface area contributed by atoms with Gasteiger partial charge in [-0.05, 0) is 25.5 Å². The van der Waals surface area contributed by atoms with E-state index in [-0.39, 0.29) is 12.1 Å². The Morgan fingerprint density at radius 1 is 1.40 bits per heavy atom. The van der Waals surface area contributed by atoms with Gasteiger partial charge in [-0.15, -0.1) is 0 Å². The molecule has 0 spiro atoms. The number of nitrogens with one attached hydrogen (secondary N) is 1. The van der Waals surface area contributed by atoms with E-state index in [0.29, 0.717) is 5.75 Å². The highest BCUT2D eigenvalue weighted by Gasteiger charge is 2.27. The lowest BCUT2D eigenvalue weighted by Gasteiger charge is -2.32. The molecule has 1 aromatic carbocycles. The van der Waals surface area contributed by atoms with Crippen LogP contribution in [0.1, 0.15) is 24.4 Å². The first-order valence-corrected chi connectivity index (χ1v) is 5.37. The number of methoxy groups -OCH3 is 1. The predicted molar refractivity (Wildman–Crippen MR) is 58.9 cm³/mol. The van der Waals surface area contributed by atoms with E-state index in [1.54, 1.807) is 13.2 Å². The lowest BCUT2D eigenvalue weighted by Crippen LogP contribution is -2.38. The molecule has 3 heteroatoms. The second-order valence-corrected chi connectivity index (χ2v) is 3.91. The molecule has 1 fully saturated rings. The molecule has 15 heavy (non-hydrogen) atoms. The van der Waals surface area contributed by atoms with E-state index in [9.17, 15) is 5.11 Å². The van der Waals surface area contributed by atoms with Crippen molar-refractivity contribution in [2.75, 3.05) is 13.7 Å². The third-order valence-electron chi connectivity index (χ3n) is 2.98. The predicted octanol–water partition coefficient (Wildman–Crippen LogP) is 1.83. The van der Waals surface area contributed by atoms with Crippen LogP contribution in [0.5, 0.6) is 5.75 Å². The third-order valence-corrected chi connectivity index (χ3v) is 2.98. The number of rotatable bonds is 2. The smallest absolute Gasteiger partial charge is 0.120 e. The van der Waals surface area contributed by atoms with Crippen LogP contribution in [0, 0.1) is 0 Å². The summed E-state index contributed by atoms with van der Waals surface area (Å²) >= 11 is 0. The van der Waals surface area contributed by atoms with Crippen LogP contribution in [0.2, 0.25) is 0 Å². The molecule has 0 aromatic heterocycles. The number of aromatic hydroxyl groups is 1. The summed E-state index contributed by atoms with van der Waals surface area (Å²) in [6.45, 7) is 0.985. The first-order chi connectivity index (χ1) is 7.33. The van der Waals surface area contributed by atoms with Gasteiger partial charge in [-0.2, -0.15) is 0 Å². The van der Waals surface area contributed by atoms with Gasteiger partial charge in [-0.3, -0.25) is 0 Å². The van der Waals surface area contributed by atoms with Crippen LogP contribution in [-0.2, 0) is 4.74 Å². The van der Waals surface area contributed by atoms with E-state index in [2.05, 4.69) is 5.32 Å². The summed E-state index contributed by atoms with van der Waals surface area (Å²) in [4.78, 5) is 0. The van der Waals surface area contributed by atoms with Crippen molar-refractivity contribution < 1.29 is 9.84 Å². The lowest BCUT2D eigenvalue weighted by molar-refractivity contribution is 0.0444. The van der Waals surface area contributed by atoms with Crippen LogP contribution in [0.3, 0.4) is 0 Å². The normalized spacial score (nSPS) is 26.5. The maximum atomic E-state index is 9.78. The maximum absolute atomic E-state index is 9.78. The summed E-state index contributed by atoms with van der Waals surface area (Å²) in [6.07, 6.45) is 2.33. The van der Waals surface area contributed by atoms with Crippen molar-refractivity contribution in [1.29, 1.82) is 0 Å². The molecule has 2 atom stereocenters. The molecule has 0 saturated carbocycles. The number of para-hydroxylation sites is 1. The molecule has 82 valence electrons. The van der Waals surface area contributed by atoms with Gasteiger partial charge in [0.1, 0.15) is 5.75 Å². The average molecular weight is 207 g/mol. The average Bonchev–Trinajstić information content (AvgIpc) is 2.30. The second kappa shape index (κ2) is 4.64. The Balaban J connectivity index is 2.24. The van der Waals surface area contributed by atoms with Crippen molar-refractivity contribution in [2.45, 2.75) is 25.0 Å². The summed E-state index contributed by atoms with van der Waals surface area (Å²) in [7, 11) is 1.73. The molecule has 2 N–H and O–H groups in total. The van der Waals surface area contributed by atoms with Crippen molar-refractivity contribution in [3.8, 4) is 5.75 Å². The summed E-state index contributed by atoms with van der Waals surface area (Å²) < 4.78 is 5.44. The Morgan fingerprint density at radius 2 is 2.20 bits per heavy atom. The zero-order valence-corrected chi connectivity index (χ0v) is 8.94. The molecule has 2 rings (SSSR count). The maximum Gasteiger partial charge on any atom is 0.120 e. The standard InChI is InChI=1S/C12H17NO2/c1-15-11-7-4-8-13-12(11)9-5-2-3-6-10(9)14/h2-3,5-6,11-14H,4,7-8H2,1H3. The Morgan fingerprint density at radius 3 is 2.93 bits per heavy atom. The number of hydrogen-bond donors (Lipinski definition) is 2. The van der Waals surface area contributed by atoms with E-state index in [4.69, 9.17) is 4.74 Å². The summed E-state index contributed by atoms with van der Waals surface area (Å²) in [6, 6.07) is 7.56. The Kier molecular flexibility index (Phi) is 3.23. The van der Waals surface area contributed by atoms with E-state index in [1.165, 1.54) is 0 Å². The Hall–Kier alpha value is -1.06.